The van der Waals surface area contributed by atoms with Crippen LogP contribution in [0.25, 0.3) is 82.9 Å². The molecule has 0 bridgehead atoms. The minimum atomic E-state index is -0.229. The van der Waals surface area contributed by atoms with E-state index in [1.54, 1.807) is 57.5 Å². The fraction of sp³-hybridized carbons (Fsp3) is 0.337. The van der Waals surface area contributed by atoms with Gasteiger partial charge < -0.3 is 4.42 Å². The smallest absolute Gasteiger partial charge is 0.266 e. The summed E-state index contributed by atoms with van der Waals surface area (Å²) in [4.78, 5) is 41.9. The number of thiazole rings is 3. The van der Waals surface area contributed by atoms with E-state index in [0.29, 0.717) is 16.8 Å². The van der Waals surface area contributed by atoms with Gasteiger partial charge in [0, 0.05) is 21.0 Å². The molecule has 0 saturated carbocycles. The molecule has 7 nitrogen and oxygen atoms in total. The van der Waals surface area contributed by atoms with Crippen molar-refractivity contribution >= 4 is 126 Å². The van der Waals surface area contributed by atoms with Gasteiger partial charge in [0.2, 0.25) is 0 Å². The van der Waals surface area contributed by atoms with Crippen molar-refractivity contribution in [3.63, 3.8) is 0 Å². The highest BCUT2D eigenvalue weighted by atomic mass is 32.1. The Bertz CT molecular complexity index is 3910. The van der Waals surface area contributed by atoms with Crippen molar-refractivity contribution in [3.05, 3.63) is 212 Å². The van der Waals surface area contributed by atoms with E-state index in [2.05, 4.69) is 137 Å². The largest absolute Gasteiger partial charge is 0.454 e. The molecular weight excluding hydrogens is 1260 g/mol. The van der Waals surface area contributed by atoms with Crippen LogP contribution in [0.1, 0.15) is 204 Å². The number of hydrogen-bond donors (Lipinski definition) is 0. The molecule has 0 atom stereocenters. The molecule has 14 rings (SSSR count). The Hall–Kier alpha value is -7.45. The summed E-state index contributed by atoms with van der Waals surface area (Å²) in [6, 6.07) is 48.8. The lowest BCUT2D eigenvalue weighted by molar-refractivity contribution is 0.0925. The first-order chi connectivity index (χ1) is 46.3. The summed E-state index contributed by atoms with van der Waals surface area (Å²) in [5.41, 5.74) is 16.6. The lowest BCUT2D eigenvalue weighted by Crippen LogP contribution is -2.29. The van der Waals surface area contributed by atoms with Gasteiger partial charge in [-0.05, 0) is 153 Å². The van der Waals surface area contributed by atoms with Gasteiger partial charge in [0.05, 0.1) is 52.3 Å². The van der Waals surface area contributed by atoms with Crippen molar-refractivity contribution in [1.82, 2.24) is 15.0 Å². The molecule has 0 spiro atoms. The summed E-state index contributed by atoms with van der Waals surface area (Å²) in [7, 11) is 0. The predicted octanol–water partition coefficient (Wildman–Crippen LogP) is 29.1. The molecule has 95 heavy (non-hydrogen) atoms. The van der Waals surface area contributed by atoms with E-state index < -0.39 is 0 Å². The first kappa shape index (κ1) is 85.6. The molecular formula is C83H110N4O3S5. The van der Waals surface area contributed by atoms with Crippen LogP contribution in [0.2, 0.25) is 0 Å². The molecule has 0 radical (unpaired) electrons. The Morgan fingerprint density at radius 3 is 1.17 bits per heavy atom. The van der Waals surface area contributed by atoms with Crippen molar-refractivity contribution in [2.45, 2.75) is 194 Å². The van der Waals surface area contributed by atoms with E-state index in [1.165, 1.54) is 72.9 Å². The molecule has 0 unspecified atom stereocenters. The Morgan fingerprint density at radius 1 is 0.358 bits per heavy atom. The topological polar surface area (TPSA) is 89.2 Å². The third-order valence-electron chi connectivity index (χ3n) is 13.3. The zero-order valence-corrected chi connectivity index (χ0v) is 66.6. The van der Waals surface area contributed by atoms with Gasteiger partial charge in [-0.2, -0.15) is 11.3 Å². The predicted molar refractivity (Wildman–Crippen MR) is 434 cm³/mol. The SMILES string of the molecule is CC.CC.CC.CC.CC.CC.CC.CC.CC.CC.Cc1ccc(C)c2c1C(=O)N(c1ccccc1)C2=O.Cc1ccc(C)c2sc(-c3cc4ccccc4o3)nc12.Cc1ccc(C)c2sc(-c3cc4ccccc4s3)nc12.Cc1ccc(C)c2sc(-c3ccsc3)nc12. The second-order valence-electron chi connectivity index (χ2n) is 18.7. The number of amides is 2. The van der Waals surface area contributed by atoms with Crippen LogP contribution in [-0.2, 0) is 0 Å². The number of aromatic nitrogens is 3. The number of furan rings is 1. The third kappa shape index (κ3) is 21.5. The average molecular weight is 1370 g/mol. The van der Waals surface area contributed by atoms with Gasteiger partial charge in [-0.15, -0.1) is 45.3 Å². The Kier molecular flexibility index (Phi) is 41.3. The summed E-state index contributed by atoms with van der Waals surface area (Å²) in [6.07, 6.45) is 0. The molecule has 2 amide bonds. The highest BCUT2D eigenvalue weighted by Crippen LogP contribution is 2.41. The van der Waals surface area contributed by atoms with Crippen molar-refractivity contribution in [1.29, 1.82) is 0 Å². The van der Waals surface area contributed by atoms with Crippen molar-refractivity contribution in [3.8, 4) is 31.2 Å². The number of thiophene rings is 2. The number of aryl methyl sites for hydroxylation is 8. The number of fused-ring (bicyclic) bond motifs is 6. The van der Waals surface area contributed by atoms with E-state index in [0.717, 1.165) is 59.4 Å². The zero-order valence-electron chi connectivity index (χ0n) is 62.6. The van der Waals surface area contributed by atoms with Crippen LogP contribution in [0.5, 0.6) is 0 Å². The minimum absolute atomic E-state index is 0.229. The Labute approximate surface area is 592 Å². The van der Waals surface area contributed by atoms with Crippen LogP contribution in [-0.4, -0.2) is 26.8 Å². The maximum absolute atomic E-state index is 12.5. The molecule has 6 aromatic heterocycles. The highest BCUT2D eigenvalue weighted by molar-refractivity contribution is 7.28. The van der Waals surface area contributed by atoms with Crippen LogP contribution < -0.4 is 4.90 Å². The lowest BCUT2D eigenvalue weighted by atomic mass is 9.99. The standard InChI is InChI=1S/C17H13NOS.C17H13NS2.C16H13NO2.C13H11NS2.10C2H6/c2*1-10-7-8-11(2)16-15(10)18-17(20-16)14-9-12-5-3-4-6-13(12)19-14;1-10-8-9-11(2)14-13(10)15(18)17(16(14)19)12-6-4-3-5-7-12;1-8-3-4-9(2)12-11(8)14-13(16-12)10-5-6-15-7-10;10*1-2/h2*3-9H,1-2H3;3-9H,1-2H3;3-7H,1-2H3;10*1-2H3. The second-order valence-corrected chi connectivity index (χ2v) is 23.6. The van der Waals surface area contributed by atoms with E-state index in [9.17, 15) is 9.59 Å². The lowest BCUT2D eigenvalue weighted by Gasteiger charge is -2.13. The van der Waals surface area contributed by atoms with Crippen LogP contribution in [0, 0.1) is 55.4 Å². The van der Waals surface area contributed by atoms with Crippen LogP contribution in [0.15, 0.2) is 161 Å². The van der Waals surface area contributed by atoms with E-state index in [1.807, 2.05) is 212 Å². The average Bonchev–Trinajstić information content (AvgIpc) is 1.62. The summed E-state index contributed by atoms with van der Waals surface area (Å²) >= 11 is 8.84. The zero-order chi connectivity index (χ0) is 72.1. The van der Waals surface area contributed by atoms with E-state index in [4.69, 9.17) is 19.4 Å². The summed E-state index contributed by atoms with van der Waals surface area (Å²) in [6.45, 7) is 56.5. The maximum Gasteiger partial charge on any atom is 0.266 e. The van der Waals surface area contributed by atoms with Gasteiger partial charge in [-0.1, -0.05) is 242 Å². The molecule has 0 aliphatic carbocycles. The monoisotopic (exact) mass is 1370 g/mol. The number of benzene rings is 7. The van der Waals surface area contributed by atoms with Gasteiger partial charge in [0.1, 0.15) is 15.6 Å². The number of para-hydroxylation sites is 2. The van der Waals surface area contributed by atoms with E-state index in [-0.39, 0.29) is 11.8 Å². The molecule has 1 aliphatic heterocycles. The third-order valence-corrected chi connectivity index (χ3v) is 18.9. The second kappa shape index (κ2) is 45.8. The minimum Gasteiger partial charge on any atom is -0.454 e. The molecule has 13 aromatic rings. The molecule has 510 valence electrons. The molecule has 7 heterocycles. The Balaban J connectivity index is 0.000000582. The Morgan fingerprint density at radius 2 is 0.737 bits per heavy atom. The number of imide groups is 1. The van der Waals surface area contributed by atoms with Gasteiger partial charge in [-0.25, -0.2) is 19.9 Å². The van der Waals surface area contributed by atoms with Crippen LogP contribution in [0.3, 0.4) is 0 Å². The normalized spacial score (nSPS) is 10.1. The van der Waals surface area contributed by atoms with Crippen molar-refractivity contribution in [2.75, 3.05) is 4.90 Å². The molecule has 12 heteroatoms. The van der Waals surface area contributed by atoms with Crippen molar-refractivity contribution < 1.29 is 14.0 Å². The number of hydrogen-bond acceptors (Lipinski definition) is 11. The molecule has 0 fully saturated rings. The molecule has 1 aliphatic rings. The molecule has 0 N–H and O–H groups in total. The fourth-order valence-corrected chi connectivity index (χ4v) is 14.3. The van der Waals surface area contributed by atoms with Gasteiger partial charge in [0.25, 0.3) is 11.8 Å². The van der Waals surface area contributed by atoms with Crippen molar-refractivity contribution in [2.24, 2.45) is 0 Å². The van der Waals surface area contributed by atoms with Gasteiger partial charge in [-0.3, -0.25) is 9.59 Å². The summed E-state index contributed by atoms with van der Waals surface area (Å²) in [5.74, 6) is 0.394. The van der Waals surface area contributed by atoms with Gasteiger partial charge >= 0.3 is 0 Å². The first-order valence-corrected chi connectivity index (χ1v) is 38.7. The quantitative estimate of drug-likeness (QED) is 0.163. The summed E-state index contributed by atoms with van der Waals surface area (Å²) in [5, 5.41) is 9.90. The number of rotatable bonds is 4. The fourth-order valence-electron chi connectivity index (χ4n) is 9.16. The number of carbonyl (C=O) groups is 2. The maximum atomic E-state index is 12.5. The van der Waals surface area contributed by atoms with Gasteiger partial charge in [0.15, 0.2) is 10.8 Å². The number of anilines is 1. The first-order valence-electron chi connectivity index (χ1n) is 34.5. The number of carbonyl (C=O) groups excluding carboxylic acids is 2. The van der Waals surface area contributed by atoms with Crippen LogP contribution >= 0.6 is 56.7 Å². The van der Waals surface area contributed by atoms with Crippen LogP contribution in [0.4, 0.5) is 5.69 Å². The highest BCUT2D eigenvalue weighted by Gasteiger charge is 2.38. The molecule has 0 saturated heterocycles. The molecule has 7 aromatic carbocycles. The van der Waals surface area contributed by atoms with E-state index >= 15 is 0 Å². The summed E-state index contributed by atoms with van der Waals surface area (Å²) < 4.78 is 11.1. The number of nitrogens with zero attached hydrogens (tertiary/aromatic N) is 4.